The number of sulfone groups is 1. The predicted octanol–water partition coefficient (Wildman–Crippen LogP) is 4.95. The van der Waals surface area contributed by atoms with Gasteiger partial charge in [-0.15, -0.1) is 0 Å². The zero-order chi connectivity index (χ0) is 22.6. The number of imidazole rings is 1. The molecule has 0 saturated carbocycles. The molecule has 2 N–H and O–H groups in total. The molecular formula is C24H21N3O3S2. The quantitative estimate of drug-likeness (QED) is 0.379. The van der Waals surface area contributed by atoms with Gasteiger partial charge in [-0.05, 0) is 30.7 Å². The van der Waals surface area contributed by atoms with E-state index in [1.165, 1.54) is 12.1 Å². The number of H-pyrrole nitrogens is 1. The molecule has 0 fully saturated rings. The number of benzene rings is 3. The van der Waals surface area contributed by atoms with E-state index in [-0.39, 0.29) is 26.6 Å². The van der Waals surface area contributed by atoms with E-state index >= 15 is 0 Å². The van der Waals surface area contributed by atoms with Crippen molar-refractivity contribution in [3.63, 3.8) is 0 Å². The molecule has 0 radical (unpaired) electrons. The van der Waals surface area contributed by atoms with Gasteiger partial charge in [0.2, 0.25) is 15.7 Å². The molecule has 4 aromatic rings. The number of rotatable bonds is 7. The Morgan fingerprint density at radius 2 is 1.56 bits per heavy atom. The van der Waals surface area contributed by atoms with Crippen LogP contribution in [-0.2, 0) is 14.6 Å². The molecule has 1 amide bonds. The summed E-state index contributed by atoms with van der Waals surface area (Å²) >= 11 is 1.08. The van der Waals surface area contributed by atoms with Crippen LogP contribution >= 0.6 is 11.8 Å². The zero-order valence-corrected chi connectivity index (χ0v) is 18.9. The Labute approximate surface area is 191 Å². The number of hydrogen-bond acceptors (Lipinski definition) is 5. The monoisotopic (exact) mass is 463 g/mol. The minimum absolute atomic E-state index is 0.0174. The number of aromatic nitrogens is 2. The van der Waals surface area contributed by atoms with Crippen molar-refractivity contribution < 1.29 is 13.2 Å². The number of para-hydroxylation sites is 1. The normalized spacial score (nSPS) is 11.3. The maximum absolute atomic E-state index is 13.3. The van der Waals surface area contributed by atoms with E-state index in [2.05, 4.69) is 15.3 Å². The minimum Gasteiger partial charge on any atom is -0.328 e. The fourth-order valence-corrected chi connectivity index (χ4v) is 5.55. The average Bonchev–Trinajstić information content (AvgIpc) is 3.26. The van der Waals surface area contributed by atoms with E-state index in [0.29, 0.717) is 5.82 Å². The maximum Gasteiger partial charge on any atom is 0.234 e. The highest BCUT2D eigenvalue weighted by atomic mass is 32.2. The third-order valence-corrected chi connectivity index (χ3v) is 7.60. The average molecular weight is 464 g/mol. The van der Waals surface area contributed by atoms with Crippen molar-refractivity contribution in [1.29, 1.82) is 0 Å². The lowest BCUT2D eigenvalue weighted by molar-refractivity contribution is -0.113. The van der Waals surface area contributed by atoms with Gasteiger partial charge < -0.3 is 10.3 Å². The molecule has 3 aromatic carbocycles. The highest BCUT2D eigenvalue weighted by molar-refractivity contribution is 8.00. The zero-order valence-electron chi connectivity index (χ0n) is 17.3. The van der Waals surface area contributed by atoms with Gasteiger partial charge in [0, 0.05) is 11.3 Å². The molecule has 1 heterocycles. The van der Waals surface area contributed by atoms with Gasteiger partial charge in [0.15, 0.2) is 5.03 Å². The van der Waals surface area contributed by atoms with E-state index in [9.17, 15) is 13.2 Å². The molecule has 1 aromatic heterocycles. The Hall–Kier alpha value is -3.36. The number of hydrogen-bond donors (Lipinski definition) is 2. The molecule has 0 spiro atoms. The lowest BCUT2D eigenvalue weighted by Crippen LogP contribution is -2.15. The van der Waals surface area contributed by atoms with Gasteiger partial charge in [0.1, 0.15) is 10.9 Å². The van der Waals surface area contributed by atoms with E-state index in [1.54, 1.807) is 18.2 Å². The minimum atomic E-state index is -3.84. The number of nitrogens with zero attached hydrogens (tertiary/aromatic N) is 1. The first-order chi connectivity index (χ1) is 15.4. The van der Waals surface area contributed by atoms with Crippen LogP contribution in [0.5, 0.6) is 0 Å². The number of thioether (sulfide) groups is 1. The SMILES string of the molecule is Cc1ccccc1NC(=O)CSc1nc(-c2ccccc2)[nH]c1S(=O)(=O)c1ccccc1. The lowest BCUT2D eigenvalue weighted by atomic mass is 10.2. The lowest BCUT2D eigenvalue weighted by Gasteiger charge is -2.08. The Balaban J connectivity index is 1.64. The number of anilines is 1. The summed E-state index contributed by atoms with van der Waals surface area (Å²) in [7, 11) is -3.84. The van der Waals surface area contributed by atoms with Crippen LogP contribution in [0.4, 0.5) is 5.69 Å². The van der Waals surface area contributed by atoms with Gasteiger partial charge in [0.25, 0.3) is 0 Å². The molecule has 0 saturated heterocycles. The van der Waals surface area contributed by atoms with Crippen molar-refractivity contribution in [2.75, 3.05) is 11.1 Å². The van der Waals surface area contributed by atoms with Gasteiger partial charge in [-0.2, -0.15) is 0 Å². The predicted molar refractivity (Wildman–Crippen MR) is 126 cm³/mol. The Morgan fingerprint density at radius 3 is 2.25 bits per heavy atom. The Morgan fingerprint density at radius 1 is 0.938 bits per heavy atom. The van der Waals surface area contributed by atoms with Crippen LogP contribution in [-0.4, -0.2) is 30.0 Å². The van der Waals surface area contributed by atoms with Crippen LogP contribution in [0, 0.1) is 6.92 Å². The molecule has 6 nitrogen and oxygen atoms in total. The second-order valence-corrected chi connectivity index (χ2v) is 9.90. The van der Waals surface area contributed by atoms with Crippen LogP contribution in [0.3, 0.4) is 0 Å². The largest absolute Gasteiger partial charge is 0.328 e. The van der Waals surface area contributed by atoms with E-state index in [1.807, 2.05) is 61.5 Å². The highest BCUT2D eigenvalue weighted by Crippen LogP contribution is 2.32. The van der Waals surface area contributed by atoms with Gasteiger partial charge in [-0.1, -0.05) is 78.5 Å². The molecule has 0 bridgehead atoms. The van der Waals surface area contributed by atoms with Crippen LogP contribution in [0.2, 0.25) is 0 Å². The van der Waals surface area contributed by atoms with Crippen molar-refractivity contribution in [2.24, 2.45) is 0 Å². The Bertz CT molecular complexity index is 1340. The summed E-state index contributed by atoms with van der Waals surface area (Å²) in [5, 5.41) is 3.10. The molecule has 8 heteroatoms. The van der Waals surface area contributed by atoms with Crippen LogP contribution in [0.25, 0.3) is 11.4 Å². The number of aromatic amines is 1. The van der Waals surface area contributed by atoms with Crippen LogP contribution in [0.15, 0.2) is 99.9 Å². The summed E-state index contributed by atoms with van der Waals surface area (Å²) < 4.78 is 26.6. The molecular weight excluding hydrogens is 442 g/mol. The molecule has 0 atom stereocenters. The van der Waals surface area contributed by atoms with Crippen molar-refractivity contribution >= 4 is 33.2 Å². The second kappa shape index (κ2) is 9.42. The molecule has 0 aliphatic heterocycles. The van der Waals surface area contributed by atoms with Crippen molar-refractivity contribution in [3.8, 4) is 11.4 Å². The van der Waals surface area contributed by atoms with E-state index < -0.39 is 9.84 Å². The standard InChI is InChI=1S/C24H21N3O3S2/c1-17-10-8-9-15-20(17)25-21(28)16-31-23-24(32(29,30)19-13-6-3-7-14-19)27-22(26-23)18-11-4-2-5-12-18/h2-15H,16H2,1H3,(H,25,28)(H,26,27). The fraction of sp³-hybridized carbons (Fsp3) is 0.0833. The van der Waals surface area contributed by atoms with E-state index in [0.717, 1.165) is 28.6 Å². The van der Waals surface area contributed by atoms with E-state index in [4.69, 9.17) is 0 Å². The molecule has 162 valence electrons. The van der Waals surface area contributed by atoms with Gasteiger partial charge in [-0.25, -0.2) is 13.4 Å². The van der Waals surface area contributed by atoms with Crippen LogP contribution < -0.4 is 5.32 Å². The summed E-state index contributed by atoms with van der Waals surface area (Å²) in [4.78, 5) is 20.2. The summed E-state index contributed by atoms with van der Waals surface area (Å²) in [5.41, 5.74) is 2.43. The number of carbonyl (C=O) groups is 1. The second-order valence-electron chi connectivity index (χ2n) is 7.05. The number of amides is 1. The van der Waals surface area contributed by atoms with Gasteiger partial charge in [-0.3, -0.25) is 4.79 Å². The summed E-state index contributed by atoms with van der Waals surface area (Å²) in [6, 6.07) is 24.9. The Kier molecular flexibility index (Phi) is 6.43. The number of aryl methyl sites for hydroxylation is 1. The summed E-state index contributed by atoms with van der Waals surface area (Å²) in [5.74, 6) is 0.212. The fourth-order valence-electron chi connectivity index (χ4n) is 3.10. The molecule has 4 rings (SSSR count). The first-order valence-electron chi connectivity index (χ1n) is 9.89. The van der Waals surface area contributed by atoms with Crippen molar-refractivity contribution in [2.45, 2.75) is 21.9 Å². The summed E-state index contributed by atoms with van der Waals surface area (Å²) in [6.45, 7) is 1.91. The van der Waals surface area contributed by atoms with Crippen molar-refractivity contribution in [3.05, 3.63) is 90.5 Å². The maximum atomic E-state index is 13.3. The van der Waals surface area contributed by atoms with Gasteiger partial charge in [0.05, 0.1) is 10.6 Å². The number of nitrogens with one attached hydrogen (secondary N) is 2. The molecule has 32 heavy (non-hydrogen) atoms. The highest BCUT2D eigenvalue weighted by Gasteiger charge is 2.26. The molecule has 0 aliphatic carbocycles. The topological polar surface area (TPSA) is 91.9 Å². The van der Waals surface area contributed by atoms with Gasteiger partial charge >= 0.3 is 0 Å². The number of carbonyl (C=O) groups excluding carboxylic acids is 1. The molecule has 0 aliphatic rings. The molecule has 0 unspecified atom stereocenters. The van der Waals surface area contributed by atoms with Crippen LogP contribution in [0.1, 0.15) is 5.56 Å². The summed E-state index contributed by atoms with van der Waals surface area (Å²) in [6.07, 6.45) is 0. The third kappa shape index (κ3) is 4.76. The van der Waals surface area contributed by atoms with Crippen molar-refractivity contribution in [1.82, 2.24) is 9.97 Å². The first kappa shape index (κ1) is 21.9. The smallest absolute Gasteiger partial charge is 0.234 e. The first-order valence-corrected chi connectivity index (χ1v) is 12.4. The third-order valence-electron chi connectivity index (χ3n) is 4.77.